The first-order valence-electron chi connectivity index (χ1n) is 6.47. The van der Waals surface area contributed by atoms with Gasteiger partial charge < -0.3 is 4.42 Å². The highest BCUT2D eigenvalue weighted by molar-refractivity contribution is 9.10. The van der Waals surface area contributed by atoms with E-state index >= 15 is 0 Å². The topological polar surface area (TPSA) is 13.1 Å². The fourth-order valence-electron chi connectivity index (χ4n) is 2.64. The third-order valence-electron chi connectivity index (χ3n) is 3.59. The van der Waals surface area contributed by atoms with E-state index in [-0.39, 0.29) is 0 Å². The predicted molar refractivity (Wildman–Crippen MR) is 86.9 cm³/mol. The van der Waals surface area contributed by atoms with Crippen LogP contribution in [0.15, 0.2) is 75.8 Å². The Morgan fingerprint density at radius 2 is 1.70 bits per heavy atom. The van der Waals surface area contributed by atoms with Crippen molar-refractivity contribution < 1.29 is 4.42 Å². The first-order valence-corrected chi connectivity index (χ1v) is 7.26. The van der Waals surface area contributed by atoms with Crippen LogP contribution in [-0.2, 0) is 0 Å². The van der Waals surface area contributed by atoms with Gasteiger partial charge in [0.25, 0.3) is 0 Å². The van der Waals surface area contributed by atoms with E-state index in [1.807, 2.05) is 12.1 Å². The summed E-state index contributed by atoms with van der Waals surface area (Å²) in [5.74, 6) is 0.909. The predicted octanol–water partition coefficient (Wildman–Crippen LogP) is 6.02. The van der Waals surface area contributed by atoms with Gasteiger partial charge in [-0.3, -0.25) is 0 Å². The number of hydrogen-bond acceptors (Lipinski definition) is 1. The standard InChI is InChI=1S/C18H11BrO/c19-15-7-6-12-11-17-13(9-14(12)10-15)3-1-4-16(17)18-5-2-8-20-18/h1-11H. The molecule has 0 fully saturated rings. The van der Waals surface area contributed by atoms with Crippen LogP contribution in [0, 0.1) is 0 Å². The van der Waals surface area contributed by atoms with Gasteiger partial charge >= 0.3 is 0 Å². The Kier molecular flexibility index (Phi) is 2.64. The smallest absolute Gasteiger partial charge is 0.134 e. The van der Waals surface area contributed by atoms with Gasteiger partial charge in [0.2, 0.25) is 0 Å². The summed E-state index contributed by atoms with van der Waals surface area (Å²) in [7, 11) is 0. The SMILES string of the molecule is Brc1ccc2cc3c(-c4ccco4)cccc3cc2c1. The minimum absolute atomic E-state index is 0.909. The van der Waals surface area contributed by atoms with Crippen LogP contribution in [0.1, 0.15) is 0 Å². The van der Waals surface area contributed by atoms with Gasteiger partial charge in [0, 0.05) is 10.0 Å². The van der Waals surface area contributed by atoms with Crippen LogP contribution < -0.4 is 0 Å². The zero-order valence-electron chi connectivity index (χ0n) is 10.6. The molecule has 96 valence electrons. The van der Waals surface area contributed by atoms with Gasteiger partial charge in [0.05, 0.1) is 6.26 Å². The average molecular weight is 323 g/mol. The monoisotopic (exact) mass is 322 g/mol. The number of benzene rings is 3. The van der Waals surface area contributed by atoms with Crippen molar-refractivity contribution in [1.82, 2.24) is 0 Å². The van der Waals surface area contributed by atoms with Crippen molar-refractivity contribution in [3.05, 3.63) is 71.4 Å². The Morgan fingerprint density at radius 3 is 2.55 bits per heavy atom. The molecule has 0 spiro atoms. The zero-order valence-corrected chi connectivity index (χ0v) is 12.2. The lowest BCUT2D eigenvalue weighted by Gasteiger charge is -2.07. The Labute approximate surface area is 125 Å². The van der Waals surface area contributed by atoms with Crippen LogP contribution in [0.5, 0.6) is 0 Å². The lowest BCUT2D eigenvalue weighted by atomic mass is 9.99. The van der Waals surface area contributed by atoms with E-state index in [0.29, 0.717) is 0 Å². The molecule has 0 aliphatic heterocycles. The van der Waals surface area contributed by atoms with Crippen molar-refractivity contribution in [3.63, 3.8) is 0 Å². The molecule has 1 aromatic heterocycles. The highest BCUT2D eigenvalue weighted by Crippen LogP contribution is 2.32. The Bertz CT molecular complexity index is 907. The molecule has 0 bridgehead atoms. The molecule has 4 aromatic rings. The maximum Gasteiger partial charge on any atom is 0.134 e. The van der Waals surface area contributed by atoms with Crippen molar-refractivity contribution in [3.8, 4) is 11.3 Å². The summed E-state index contributed by atoms with van der Waals surface area (Å²) in [4.78, 5) is 0. The van der Waals surface area contributed by atoms with E-state index < -0.39 is 0 Å². The summed E-state index contributed by atoms with van der Waals surface area (Å²) in [6, 6.07) is 21.1. The van der Waals surface area contributed by atoms with Crippen LogP contribution in [0.3, 0.4) is 0 Å². The molecule has 0 saturated carbocycles. The summed E-state index contributed by atoms with van der Waals surface area (Å²) >= 11 is 3.53. The maximum absolute atomic E-state index is 5.55. The number of rotatable bonds is 1. The van der Waals surface area contributed by atoms with Crippen molar-refractivity contribution in [2.75, 3.05) is 0 Å². The molecule has 1 nitrogen and oxygen atoms in total. The van der Waals surface area contributed by atoms with E-state index in [1.54, 1.807) is 6.26 Å². The van der Waals surface area contributed by atoms with Gasteiger partial charge in [-0.2, -0.15) is 0 Å². The molecule has 0 unspecified atom stereocenters. The second-order valence-electron chi connectivity index (χ2n) is 4.85. The maximum atomic E-state index is 5.55. The van der Waals surface area contributed by atoms with Crippen LogP contribution in [0.25, 0.3) is 32.9 Å². The Morgan fingerprint density at radius 1 is 0.750 bits per heavy atom. The second-order valence-corrected chi connectivity index (χ2v) is 5.76. The second kappa shape index (κ2) is 4.50. The molecule has 3 aromatic carbocycles. The third-order valence-corrected chi connectivity index (χ3v) is 4.08. The largest absolute Gasteiger partial charge is 0.464 e. The van der Waals surface area contributed by atoms with Crippen molar-refractivity contribution in [2.45, 2.75) is 0 Å². The Balaban J connectivity index is 2.10. The van der Waals surface area contributed by atoms with Gasteiger partial charge in [-0.25, -0.2) is 0 Å². The van der Waals surface area contributed by atoms with Crippen molar-refractivity contribution in [2.24, 2.45) is 0 Å². The normalized spacial score (nSPS) is 11.2. The van der Waals surface area contributed by atoms with Crippen molar-refractivity contribution in [1.29, 1.82) is 0 Å². The summed E-state index contributed by atoms with van der Waals surface area (Å²) < 4.78 is 6.65. The molecule has 0 aliphatic rings. The molecule has 0 N–H and O–H groups in total. The van der Waals surface area contributed by atoms with E-state index in [9.17, 15) is 0 Å². The zero-order chi connectivity index (χ0) is 13.5. The van der Waals surface area contributed by atoms with E-state index in [1.165, 1.54) is 21.5 Å². The van der Waals surface area contributed by atoms with Gasteiger partial charge in [0.1, 0.15) is 5.76 Å². The number of fused-ring (bicyclic) bond motifs is 2. The van der Waals surface area contributed by atoms with Crippen LogP contribution in [-0.4, -0.2) is 0 Å². The molecule has 20 heavy (non-hydrogen) atoms. The van der Waals surface area contributed by atoms with E-state index in [0.717, 1.165) is 15.8 Å². The van der Waals surface area contributed by atoms with E-state index in [4.69, 9.17) is 4.42 Å². The van der Waals surface area contributed by atoms with Crippen LogP contribution >= 0.6 is 15.9 Å². The molecule has 1 heterocycles. The fourth-order valence-corrected chi connectivity index (χ4v) is 3.02. The summed E-state index contributed by atoms with van der Waals surface area (Å²) in [5, 5.41) is 4.92. The third kappa shape index (κ3) is 1.84. The summed E-state index contributed by atoms with van der Waals surface area (Å²) in [6.07, 6.45) is 1.71. The Hall–Kier alpha value is -2.06. The molecule has 2 heteroatoms. The minimum Gasteiger partial charge on any atom is -0.464 e. The van der Waals surface area contributed by atoms with E-state index in [2.05, 4.69) is 64.5 Å². The molecular formula is C18H11BrO. The molecule has 0 atom stereocenters. The van der Waals surface area contributed by atoms with Gasteiger partial charge in [-0.05, 0) is 57.9 Å². The van der Waals surface area contributed by atoms with Crippen LogP contribution in [0.2, 0.25) is 0 Å². The highest BCUT2D eigenvalue weighted by atomic mass is 79.9. The van der Waals surface area contributed by atoms with Gasteiger partial charge in [-0.15, -0.1) is 0 Å². The summed E-state index contributed by atoms with van der Waals surface area (Å²) in [5.41, 5.74) is 1.14. The first-order chi connectivity index (χ1) is 9.81. The van der Waals surface area contributed by atoms with Gasteiger partial charge in [-0.1, -0.05) is 40.2 Å². The molecule has 0 radical (unpaired) electrons. The number of halogens is 1. The summed E-state index contributed by atoms with van der Waals surface area (Å²) in [6.45, 7) is 0. The highest BCUT2D eigenvalue weighted by Gasteiger charge is 2.07. The lowest BCUT2D eigenvalue weighted by molar-refractivity contribution is 0.583. The van der Waals surface area contributed by atoms with Crippen molar-refractivity contribution >= 4 is 37.5 Å². The molecular weight excluding hydrogens is 312 g/mol. The van der Waals surface area contributed by atoms with Crippen LogP contribution in [0.4, 0.5) is 0 Å². The minimum atomic E-state index is 0.909. The molecule has 4 rings (SSSR count). The average Bonchev–Trinajstić information content (AvgIpc) is 2.98. The molecule has 0 amide bonds. The number of furan rings is 1. The molecule has 0 saturated heterocycles. The number of hydrogen-bond donors (Lipinski definition) is 0. The lowest BCUT2D eigenvalue weighted by Crippen LogP contribution is -1.81. The fraction of sp³-hybridized carbons (Fsp3) is 0. The first kappa shape index (κ1) is 11.7. The quantitative estimate of drug-likeness (QED) is 0.391. The molecule has 0 aliphatic carbocycles. The van der Waals surface area contributed by atoms with Gasteiger partial charge in [0.15, 0.2) is 0 Å².